The lowest BCUT2D eigenvalue weighted by atomic mass is 10.0. The minimum Gasteiger partial charge on any atom is -0.394 e. The Labute approximate surface area is 75.0 Å². The van der Waals surface area contributed by atoms with Gasteiger partial charge in [0, 0.05) is 0 Å². The van der Waals surface area contributed by atoms with Crippen LogP contribution in [0, 0.1) is 0 Å². The maximum absolute atomic E-state index is 9.24. The normalized spacial score (nSPS) is 49.2. The van der Waals surface area contributed by atoms with E-state index in [0.717, 1.165) is 0 Å². The molecule has 0 aromatic heterocycles. The van der Waals surface area contributed by atoms with Crippen molar-refractivity contribution >= 4 is 12.6 Å². The lowest BCUT2D eigenvalue weighted by molar-refractivity contribution is -0.248. The molecule has 0 aromatic carbocycles. The monoisotopic (exact) mass is 196 g/mol. The molecule has 0 aromatic rings. The molecule has 0 bridgehead atoms. The first-order valence-electron chi connectivity index (χ1n) is 3.56. The van der Waals surface area contributed by atoms with Crippen LogP contribution < -0.4 is 0 Å². The van der Waals surface area contributed by atoms with Crippen LogP contribution in [0.5, 0.6) is 0 Å². The van der Waals surface area contributed by atoms with E-state index in [4.69, 9.17) is 20.1 Å². The molecule has 12 heavy (non-hydrogen) atoms. The smallest absolute Gasteiger partial charge is 0.183 e. The summed E-state index contributed by atoms with van der Waals surface area (Å²) in [5.74, 6) is 0. The van der Waals surface area contributed by atoms with Gasteiger partial charge in [0.2, 0.25) is 0 Å². The van der Waals surface area contributed by atoms with Gasteiger partial charge in [0.05, 0.1) is 24.1 Å². The van der Waals surface area contributed by atoms with Crippen molar-refractivity contribution in [1.29, 1.82) is 0 Å². The van der Waals surface area contributed by atoms with Gasteiger partial charge in [-0.2, -0.15) is 12.6 Å². The summed E-state index contributed by atoms with van der Waals surface area (Å²) >= 11 is 3.93. The van der Waals surface area contributed by atoms with Gasteiger partial charge < -0.3 is 25.2 Å². The van der Waals surface area contributed by atoms with Gasteiger partial charge in [-0.1, -0.05) is 0 Å². The predicted octanol–water partition coefficient (Wildman–Crippen LogP) is -2.28. The minimum absolute atomic E-state index is 0.352. The third kappa shape index (κ3) is 1.73. The van der Waals surface area contributed by atoms with Crippen LogP contribution in [0.1, 0.15) is 0 Å². The van der Waals surface area contributed by atoms with E-state index in [-0.39, 0.29) is 6.61 Å². The Balaban J connectivity index is 2.63. The van der Waals surface area contributed by atoms with Crippen molar-refractivity contribution in [2.45, 2.75) is 29.9 Å². The third-order valence-corrected chi connectivity index (χ3v) is 2.51. The maximum atomic E-state index is 9.24. The van der Waals surface area contributed by atoms with Gasteiger partial charge in [0.15, 0.2) is 6.29 Å². The molecule has 1 aliphatic heterocycles. The van der Waals surface area contributed by atoms with Crippen LogP contribution in [0.2, 0.25) is 0 Å². The van der Waals surface area contributed by atoms with Crippen LogP contribution >= 0.6 is 12.6 Å². The second-order valence-corrected chi connectivity index (χ2v) is 3.32. The highest BCUT2D eigenvalue weighted by Gasteiger charge is 2.41. The van der Waals surface area contributed by atoms with E-state index >= 15 is 0 Å². The van der Waals surface area contributed by atoms with Crippen LogP contribution in [0.4, 0.5) is 0 Å². The van der Waals surface area contributed by atoms with Crippen LogP contribution in [0.15, 0.2) is 0 Å². The number of ether oxygens (including phenoxy) is 1. The quantitative estimate of drug-likeness (QED) is 0.305. The Bertz CT molecular complexity index is 150. The first kappa shape index (κ1) is 10.2. The molecule has 1 heterocycles. The van der Waals surface area contributed by atoms with Gasteiger partial charge in [-0.05, 0) is 0 Å². The number of rotatable bonds is 1. The summed E-state index contributed by atoms with van der Waals surface area (Å²) in [4.78, 5) is 0. The fourth-order valence-electron chi connectivity index (χ4n) is 1.08. The standard InChI is InChI=1S/C6H12O5S/c7-1-2-5(12)3(8)4(9)6(10)11-2/h2-10,12H,1H2/t2-,3-,4-,5-,6?/m1/s1. The highest BCUT2D eigenvalue weighted by atomic mass is 32.1. The fraction of sp³-hybridized carbons (Fsp3) is 1.00. The Kier molecular flexibility index (Phi) is 3.33. The molecule has 1 aliphatic rings. The van der Waals surface area contributed by atoms with E-state index < -0.39 is 29.9 Å². The molecule has 4 N–H and O–H groups in total. The second-order valence-electron chi connectivity index (χ2n) is 2.72. The van der Waals surface area contributed by atoms with Gasteiger partial charge in [-0.25, -0.2) is 0 Å². The average molecular weight is 196 g/mol. The first-order chi connectivity index (χ1) is 5.57. The summed E-state index contributed by atoms with van der Waals surface area (Å²) in [7, 11) is 0. The van der Waals surface area contributed by atoms with Gasteiger partial charge >= 0.3 is 0 Å². The molecule has 0 aliphatic carbocycles. The van der Waals surface area contributed by atoms with Crippen LogP contribution in [0.25, 0.3) is 0 Å². The molecule has 1 unspecified atom stereocenters. The predicted molar refractivity (Wildman–Crippen MR) is 42.8 cm³/mol. The average Bonchev–Trinajstić information content (AvgIpc) is 2.08. The number of hydrogen-bond donors (Lipinski definition) is 5. The summed E-state index contributed by atoms with van der Waals surface area (Å²) < 4.78 is 4.75. The van der Waals surface area contributed by atoms with E-state index in [1.54, 1.807) is 0 Å². The third-order valence-electron chi connectivity index (χ3n) is 1.87. The van der Waals surface area contributed by atoms with Gasteiger partial charge in [-0.15, -0.1) is 0 Å². The summed E-state index contributed by atoms with van der Waals surface area (Å²) in [6.45, 7) is -0.352. The molecule has 0 saturated carbocycles. The van der Waals surface area contributed by atoms with E-state index in [9.17, 15) is 5.11 Å². The topological polar surface area (TPSA) is 90.2 Å². The van der Waals surface area contributed by atoms with Crippen molar-refractivity contribution in [3.63, 3.8) is 0 Å². The Morgan fingerprint density at radius 2 is 1.75 bits per heavy atom. The second kappa shape index (κ2) is 3.91. The van der Waals surface area contributed by atoms with E-state index in [1.807, 2.05) is 0 Å². The van der Waals surface area contributed by atoms with Gasteiger partial charge in [0.1, 0.15) is 6.10 Å². The molecule has 0 radical (unpaired) electrons. The Hall–Kier alpha value is 0.150. The van der Waals surface area contributed by atoms with E-state index in [2.05, 4.69) is 12.6 Å². The summed E-state index contributed by atoms with van der Waals surface area (Å²) in [6, 6.07) is 0. The zero-order valence-electron chi connectivity index (χ0n) is 6.24. The fourth-order valence-corrected chi connectivity index (χ4v) is 1.42. The molecule has 5 atom stereocenters. The Morgan fingerprint density at radius 3 is 2.25 bits per heavy atom. The molecule has 6 heteroatoms. The van der Waals surface area contributed by atoms with Crippen LogP contribution in [0.3, 0.4) is 0 Å². The molecule has 72 valence electrons. The summed E-state index contributed by atoms with van der Waals surface area (Å²) in [6.07, 6.45) is -4.76. The molecule has 1 rings (SSSR count). The van der Waals surface area contributed by atoms with Crippen molar-refractivity contribution in [2.75, 3.05) is 6.61 Å². The molecule has 0 spiro atoms. The highest BCUT2D eigenvalue weighted by molar-refractivity contribution is 7.81. The summed E-state index contributed by atoms with van der Waals surface area (Å²) in [5, 5.41) is 35.3. The first-order valence-corrected chi connectivity index (χ1v) is 4.08. The largest absolute Gasteiger partial charge is 0.394 e. The number of thiol groups is 1. The zero-order chi connectivity index (χ0) is 9.30. The molecular weight excluding hydrogens is 184 g/mol. The molecule has 1 fully saturated rings. The SMILES string of the molecule is OC[C@H]1OC(O)[C@H](O)[C@@H](O)[C@@H]1S. The van der Waals surface area contributed by atoms with E-state index in [0.29, 0.717) is 0 Å². The maximum Gasteiger partial charge on any atom is 0.183 e. The minimum atomic E-state index is -1.46. The van der Waals surface area contributed by atoms with Gasteiger partial charge in [-0.3, -0.25) is 0 Å². The van der Waals surface area contributed by atoms with Crippen molar-refractivity contribution < 1.29 is 25.2 Å². The summed E-state index contributed by atoms with van der Waals surface area (Å²) in [5.41, 5.74) is 0. The van der Waals surface area contributed by atoms with Crippen LogP contribution in [-0.2, 0) is 4.74 Å². The van der Waals surface area contributed by atoms with Crippen molar-refractivity contribution in [3.05, 3.63) is 0 Å². The Morgan fingerprint density at radius 1 is 1.17 bits per heavy atom. The van der Waals surface area contributed by atoms with E-state index in [1.165, 1.54) is 0 Å². The van der Waals surface area contributed by atoms with Gasteiger partial charge in [0.25, 0.3) is 0 Å². The van der Waals surface area contributed by atoms with Crippen LogP contribution in [-0.4, -0.2) is 56.9 Å². The number of aliphatic hydroxyl groups is 4. The zero-order valence-corrected chi connectivity index (χ0v) is 7.13. The molecule has 0 amide bonds. The molecular formula is C6H12O5S. The molecule has 1 saturated heterocycles. The lowest BCUT2D eigenvalue weighted by Gasteiger charge is -2.37. The number of aliphatic hydroxyl groups excluding tert-OH is 4. The van der Waals surface area contributed by atoms with Crippen molar-refractivity contribution in [2.24, 2.45) is 0 Å². The highest BCUT2D eigenvalue weighted by Crippen LogP contribution is 2.23. The van der Waals surface area contributed by atoms with Crippen molar-refractivity contribution in [3.8, 4) is 0 Å². The lowest BCUT2D eigenvalue weighted by Crippen LogP contribution is -2.56. The van der Waals surface area contributed by atoms with Crippen molar-refractivity contribution in [1.82, 2.24) is 0 Å². The number of hydrogen-bond acceptors (Lipinski definition) is 6. The molecule has 5 nitrogen and oxygen atoms in total.